The lowest BCUT2D eigenvalue weighted by molar-refractivity contribution is -0.142. The molecular formula is C38H42F6N6O2. The molecule has 7 rings (SSSR count). The minimum Gasteiger partial charge on any atom is -0.341 e. The van der Waals surface area contributed by atoms with Gasteiger partial charge in [0.15, 0.2) is 11.4 Å². The van der Waals surface area contributed by atoms with Gasteiger partial charge in [-0.1, -0.05) is 31.2 Å². The van der Waals surface area contributed by atoms with Crippen LogP contribution in [0.5, 0.6) is 0 Å². The summed E-state index contributed by atoms with van der Waals surface area (Å²) in [5, 5.41) is 7.80. The minimum atomic E-state index is -4.43. The van der Waals surface area contributed by atoms with Crippen molar-refractivity contribution in [3.05, 3.63) is 93.6 Å². The second kappa shape index (κ2) is 15.2. The second-order valence-corrected chi connectivity index (χ2v) is 13.6. The predicted molar refractivity (Wildman–Crippen MR) is 182 cm³/mol. The highest BCUT2D eigenvalue weighted by Crippen LogP contribution is 2.38. The van der Waals surface area contributed by atoms with Crippen molar-refractivity contribution in [3.63, 3.8) is 0 Å². The zero-order chi connectivity index (χ0) is 37.2. The van der Waals surface area contributed by atoms with Gasteiger partial charge in [0.25, 0.3) is 0 Å². The maximum Gasteiger partial charge on any atom is 0.435 e. The molecule has 3 aliphatic rings. The summed E-state index contributed by atoms with van der Waals surface area (Å²) < 4.78 is 82.8. The van der Waals surface area contributed by atoms with Crippen molar-refractivity contribution in [2.45, 2.75) is 103 Å². The summed E-state index contributed by atoms with van der Waals surface area (Å²) in [6.45, 7) is 3.59. The molecule has 0 atom stereocenters. The molecule has 0 saturated carbocycles. The molecule has 0 radical (unpaired) electrons. The Morgan fingerprint density at radius 2 is 1.15 bits per heavy atom. The van der Waals surface area contributed by atoms with Gasteiger partial charge in [0.05, 0.1) is 11.4 Å². The van der Waals surface area contributed by atoms with Crippen LogP contribution in [0.2, 0.25) is 0 Å². The van der Waals surface area contributed by atoms with Crippen LogP contribution in [0.1, 0.15) is 96.9 Å². The van der Waals surface area contributed by atoms with Crippen LogP contribution < -0.4 is 0 Å². The zero-order valence-corrected chi connectivity index (χ0v) is 29.3. The van der Waals surface area contributed by atoms with Gasteiger partial charge < -0.3 is 9.80 Å². The van der Waals surface area contributed by atoms with E-state index in [9.17, 15) is 35.9 Å². The van der Waals surface area contributed by atoms with Crippen molar-refractivity contribution in [2.75, 3.05) is 13.6 Å². The maximum absolute atomic E-state index is 13.3. The van der Waals surface area contributed by atoms with Crippen LogP contribution in [0.25, 0.3) is 11.4 Å². The first kappa shape index (κ1) is 37.1. The van der Waals surface area contributed by atoms with Gasteiger partial charge in [-0.15, -0.1) is 0 Å². The molecule has 1 saturated heterocycles. The molecule has 1 fully saturated rings. The van der Waals surface area contributed by atoms with Gasteiger partial charge in [0.1, 0.15) is 0 Å². The Balaban J connectivity index is 0.000000179. The van der Waals surface area contributed by atoms with E-state index in [0.29, 0.717) is 85.5 Å². The van der Waals surface area contributed by atoms with Crippen LogP contribution in [0, 0.1) is 0 Å². The highest BCUT2D eigenvalue weighted by atomic mass is 19.4. The molecule has 278 valence electrons. The number of alkyl halides is 6. The average molecular weight is 729 g/mol. The molecule has 14 heteroatoms. The molecule has 2 aromatic carbocycles. The number of nitrogens with zero attached hydrogens (tertiary/aromatic N) is 6. The number of amides is 2. The third kappa shape index (κ3) is 8.05. The van der Waals surface area contributed by atoms with Crippen LogP contribution in [0.3, 0.4) is 0 Å². The second-order valence-electron chi connectivity index (χ2n) is 13.6. The summed E-state index contributed by atoms with van der Waals surface area (Å²) in [5.74, 6) is 0.204. The fraction of sp³-hybridized carbons (Fsp3) is 0.474. The molecule has 1 aliphatic heterocycles. The highest BCUT2D eigenvalue weighted by Gasteiger charge is 2.41. The lowest BCUT2D eigenvalue weighted by Crippen LogP contribution is -2.25. The summed E-state index contributed by atoms with van der Waals surface area (Å²) >= 11 is 0. The number of hydrogen-bond donors (Lipinski definition) is 0. The number of carbonyl (C=O) groups excluding carboxylic acids is 2. The normalized spacial score (nSPS) is 15.9. The molecule has 2 aromatic heterocycles. The van der Waals surface area contributed by atoms with Crippen molar-refractivity contribution in [1.82, 2.24) is 29.4 Å². The predicted octanol–water partition coefficient (Wildman–Crippen LogP) is 8.03. The SMILES string of the molecule is CCC(=O)N(C)Cc1ccc(-n2nc(C(F)(F)F)c3c2CCCC3)cc1.O=C1CCCN1Cc1ccc(-n2nc(C(F)(F)F)c3c2CCCC3)cc1. The van der Waals surface area contributed by atoms with Crippen molar-refractivity contribution >= 4 is 11.8 Å². The molecule has 52 heavy (non-hydrogen) atoms. The van der Waals surface area contributed by atoms with Gasteiger partial charge in [-0.3, -0.25) is 9.59 Å². The van der Waals surface area contributed by atoms with Gasteiger partial charge in [-0.25, -0.2) is 9.36 Å². The number of rotatable bonds is 7. The van der Waals surface area contributed by atoms with Gasteiger partial charge >= 0.3 is 12.4 Å². The van der Waals surface area contributed by atoms with Gasteiger partial charge in [0.2, 0.25) is 11.8 Å². The van der Waals surface area contributed by atoms with Crippen LogP contribution in [0.4, 0.5) is 26.3 Å². The minimum absolute atomic E-state index is 0.0463. The van der Waals surface area contributed by atoms with Crippen molar-refractivity contribution in [3.8, 4) is 11.4 Å². The van der Waals surface area contributed by atoms with Gasteiger partial charge in [-0.05, 0) is 93.2 Å². The smallest absolute Gasteiger partial charge is 0.341 e. The van der Waals surface area contributed by atoms with E-state index < -0.39 is 23.7 Å². The highest BCUT2D eigenvalue weighted by molar-refractivity contribution is 5.78. The Kier molecular flexibility index (Phi) is 10.8. The summed E-state index contributed by atoms with van der Waals surface area (Å²) in [4.78, 5) is 26.8. The number of fused-ring (bicyclic) bond motifs is 2. The van der Waals surface area contributed by atoms with Crippen LogP contribution in [0.15, 0.2) is 48.5 Å². The lowest BCUT2D eigenvalue weighted by Gasteiger charge is -2.17. The zero-order valence-electron chi connectivity index (χ0n) is 29.3. The van der Waals surface area contributed by atoms with E-state index in [-0.39, 0.29) is 11.8 Å². The van der Waals surface area contributed by atoms with Crippen LogP contribution in [-0.4, -0.2) is 54.8 Å². The number of hydrogen-bond acceptors (Lipinski definition) is 4. The molecule has 2 aliphatic carbocycles. The lowest BCUT2D eigenvalue weighted by atomic mass is 9.95. The number of benzene rings is 2. The summed E-state index contributed by atoms with van der Waals surface area (Å²) in [7, 11) is 1.74. The number of halogens is 6. The quantitative estimate of drug-likeness (QED) is 0.181. The Morgan fingerprint density at radius 3 is 1.58 bits per heavy atom. The van der Waals surface area contributed by atoms with Crippen molar-refractivity contribution in [1.29, 1.82) is 0 Å². The molecule has 0 N–H and O–H groups in total. The Hall–Kier alpha value is -4.62. The molecule has 0 unspecified atom stereocenters. The monoisotopic (exact) mass is 728 g/mol. The standard InChI is InChI=1S/C19H20F3N3O.C19H22F3N3O/c20-19(21,22)18-15-4-1-2-5-16(15)25(23-18)14-9-7-13(8-10-14)12-24-11-3-6-17(24)26;1-3-17(26)24(2)12-13-8-10-14(11-9-13)25-16-7-5-4-6-15(16)18(23-25)19(20,21)22/h7-10H,1-6,11-12H2;8-11H,3-7,12H2,1-2H3. The molecular weight excluding hydrogens is 686 g/mol. The van der Waals surface area contributed by atoms with E-state index in [2.05, 4.69) is 10.2 Å². The first-order valence-corrected chi connectivity index (χ1v) is 17.8. The maximum atomic E-state index is 13.3. The third-order valence-electron chi connectivity index (χ3n) is 9.95. The largest absolute Gasteiger partial charge is 0.435 e. The van der Waals surface area contributed by atoms with Crippen LogP contribution in [-0.2, 0) is 60.7 Å². The molecule has 4 aromatic rings. The Bertz CT molecular complexity index is 1890. The number of likely N-dealkylation sites (tertiary alicyclic amines) is 1. The molecule has 0 bridgehead atoms. The number of carbonyl (C=O) groups is 2. The first-order valence-electron chi connectivity index (χ1n) is 17.8. The molecule has 3 heterocycles. The van der Waals surface area contributed by atoms with E-state index in [0.717, 1.165) is 49.8 Å². The molecule has 0 spiro atoms. The van der Waals surface area contributed by atoms with E-state index in [1.165, 1.54) is 9.36 Å². The Morgan fingerprint density at radius 1 is 0.692 bits per heavy atom. The van der Waals surface area contributed by atoms with Crippen molar-refractivity contribution in [2.24, 2.45) is 0 Å². The summed E-state index contributed by atoms with van der Waals surface area (Å²) in [6.07, 6.45) is -1.59. The summed E-state index contributed by atoms with van der Waals surface area (Å²) in [6, 6.07) is 14.5. The molecule has 2 amide bonds. The third-order valence-corrected chi connectivity index (χ3v) is 9.95. The fourth-order valence-electron chi connectivity index (χ4n) is 7.29. The van der Waals surface area contributed by atoms with E-state index >= 15 is 0 Å². The summed E-state index contributed by atoms with van der Waals surface area (Å²) in [5.41, 5.74) is 3.65. The van der Waals surface area contributed by atoms with Crippen molar-refractivity contribution < 1.29 is 35.9 Å². The van der Waals surface area contributed by atoms with Gasteiger partial charge in [-0.2, -0.15) is 36.5 Å². The van der Waals surface area contributed by atoms with Gasteiger partial charge in [0, 0.05) is 62.0 Å². The van der Waals surface area contributed by atoms with E-state index in [1.54, 1.807) is 43.1 Å². The fourth-order valence-corrected chi connectivity index (χ4v) is 7.29. The van der Waals surface area contributed by atoms with Crippen LogP contribution >= 0.6 is 0 Å². The topological polar surface area (TPSA) is 76.3 Å². The van der Waals surface area contributed by atoms with E-state index in [1.807, 2.05) is 29.2 Å². The average Bonchev–Trinajstić information content (AvgIpc) is 3.84. The Labute approximate surface area is 298 Å². The number of aromatic nitrogens is 4. The van der Waals surface area contributed by atoms with E-state index in [4.69, 9.17) is 0 Å². The molecule has 8 nitrogen and oxygen atoms in total. The first-order chi connectivity index (χ1) is 24.7.